The van der Waals surface area contributed by atoms with E-state index < -0.39 is 0 Å². The molecule has 0 bridgehead atoms. The lowest BCUT2D eigenvalue weighted by Crippen LogP contribution is -2.08. The molecule has 0 unspecified atom stereocenters. The van der Waals surface area contributed by atoms with Crippen LogP contribution in [0.3, 0.4) is 0 Å². The highest BCUT2D eigenvalue weighted by Gasteiger charge is 2.14. The van der Waals surface area contributed by atoms with Crippen LogP contribution in [0.1, 0.15) is 11.7 Å². The van der Waals surface area contributed by atoms with Gasteiger partial charge >= 0.3 is 0 Å². The molecule has 0 spiro atoms. The van der Waals surface area contributed by atoms with Crippen LogP contribution in [0.4, 0.5) is 0 Å². The fourth-order valence-electron chi connectivity index (χ4n) is 1.98. The maximum absolute atomic E-state index is 11.7. The molecule has 3 nitrogen and oxygen atoms in total. The van der Waals surface area contributed by atoms with E-state index in [1.807, 2.05) is 47.8 Å². The highest BCUT2D eigenvalue weighted by Crippen LogP contribution is 2.29. The quantitative estimate of drug-likeness (QED) is 0.694. The standard InChI is InChI=1S/C15H11ClN2OS/c1-10(19)18-14(15-3-2-8-20-15)9-13(17-18)11-4-6-12(16)7-5-11/h2-9H,1H3. The molecule has 20 heavy (non-hydrogen) atoms. The highest BCUT2D eigenvalue weighted by atomic mass is 35.5. The van der Waals surface area contributed by atoms with Crippen LogP contribution in [0.5, 0.6) is 0 Å². The monoisotopic (exact) mass is 302 g/mol. The Morgan fingerprint density at radius 2 is 2.00 bits per heavy atom. The molecule has 0 atom stereocenters. The van der Waals surface area contributed by atoms with E-state index in [0.717, 1.165) is 21.8 Å². The van der Waals surface area contributed by atoms with Crippen LogP contribution in [0.25, 0.3) is 21.8 Å². The van der Waals surface area contributed by atoms with Gasteiger partial charge in [-0.3, -0.25) is 4.79 Å². The molecule has 0 amide bonds. The Morgan fingerprint density at radius 1 is 1.25 bits per heavy atom. The van der Waals surface area contributed by atoms with Gasteiger partial charge in [-0.25, -0.2) is 0 Å². The van der Waals surface area contributed by atoms with E-state index in [4.69, 9.17) is 11.6 Å². The van der Waals surface area contributed by atoms with Gasteiger partial charge < -0.3 is 0 Å². The number of thiophene rings is 1. The number of carbonyl (C=O) groups is 1. The number of nitrogens with zero attached hydrogens (tertiary/aromatic N) is 2. The Bertz CT molecular complexity index is 745. The van der Waals surface area contributed by atoms with Gasteiger partial charge in [0, 0.05) is 17.5 Å². The summed E-state index contributed by atoms with van der Waals surface area (Å²) >= 11 is 7.47. The van der Waals surface area contributed by atoms with E-state index >= 15 is 0 Å². The third-order valence-electron chi connectivity index (χ3n) is 2.92. The van der Waals surface area contributed by atoms with E-state index in [9.17, 15) is 4.79 Å². The molecule has 0 aliphatic heterocycles. The molecule has 3 rings (SSSR count). The number of benzene rings is 1. The minimum absolute atomic E-state index is 0.103. The zero-order valence-electron chi connectivity index (χ0n) is 10.7. The highest BCUT2D eigenvalue weighted by molar-refractivity contribution is 7.13. The lowest BCUT2D eigenvalue weighted by Gasteiger charge is -1.99. The molecule has 3 aromatic rings. The van der Waals surface area contributed by atoms with Gasteiger partial charge in [0.15, 0.2) is 0 Å². The second kappa shape index (κ2) is 5.23. The van der Waals surface area contributed by atoms with Gasteiger partial charge in [0.05, 0.1) is 16.3 Å². The van der Waals surface area contributed by atoms with Gasteiger partial charge in [0.1, 0.15) is 0 Å². The Balaban J connectivity index is 2.12. The maximum atomic E-state index is 11.7. The van der Waals surface area contributed by atoms with Gasteiger partial charge in [-0.1, -0.05) is 29.8 Å². The summed E-state index contributed by atoms with van der Waals surface area (Å²) in [4.78, 5) is 12.8. The third-order valence-corrected chi connectivity index (χ3v) is 4.07. The van der Waals surface area contributed by atoms with E-state index in [0.29, 0.717) is 5.02 Å². The molecule has 2 heterocycles. The first kappa shape index (κ1) is 13.1. The number of rotatable bonds is 2. The van der Waals surface area contributed by atoms with Crippen LogP contribution in [0.15, 0.2) is 47.8 Å². The predicted molar refractivity (Wildman–Crippen MR) is 82.3 cm³/mol. The Kier molecular flexibility index (Phi) is 3.42. The average molecular weight is 303 g/mol. The molecule has 0 radical (unpaired) electrons. The van der Waals surface area contributed by atoms with Crippen molar-refractivity contribution >= 4 is 28.8 Å². The normalized spacial score (nSPS) is 10.7. The molecule has 100 valence electrons. The van der Waals surface area contributed by atoms with Crippen LogP contribution in [-0.4, -0.2) is 15.7 Å². The fourth-order valence-corrected chi connectivity index (χ4v) is 2.84. The van der Waals surface area contributed by atoms with Gasteiger partial charge in [0.25, 0.3) is 0 Å². The zero-order valence-corrected chi connectivity index (χ0v) is 12.3. The summed E-state index contributed by atoms with van der Waals surface area (Å²) in [5, 5.41) is 7.06. The second-order valence-corrected chi connectivity index (χ2v) is 5.71. The summed E-state index contributed by atoms with van der Waals surface area (Å²) in [6, 6.07) is 13.3. The van der Waals surface area contributed by atoms with E-state index in [-0.39, 0.29) is 5.91 Å². The molecule has 0 N–H and O–H groups in total. The third kappa shape index (κ3) is 2.40. The molecule has 0 saturated heterocycles. The summed E-state index contributed by atoms with van der Waals surface area (Å²) in [5.74, 6) is -0.103. The van der Waals surface area contributed by atoms with Gasteiger partial charge in [0.2, 0.25) is 5.91 Å². The van der Waals surface area contributed by atoms with Crippen LogP contribution >= 0.6 is 22.9 Å². The van der Waals surface area contributed by atoms with Crippen molar-refractivity contribution in [3.8, 4) is 21.8 Å². The summed E-state index contributed by atoms with van der Waals surface area (Å²) in [7, 11) is 0. The van der Waals surface area contributed by atoms with Gasteiger partial charge in [-0.15, -0.1) is 11.3 Å². The molecule has 5 heteroatoms. The van der Waals surface area contributed by atoms with E-state index in [1.54, 1.807) is 11.3 Å². The number of carbonyl (C=O) groups excluding carboxylic acids is 1. The van der Waals surface area contributed by atoms with Crippen LogP contribution in [0.2, 0.25) is 5.02 Å². The van der Waals surface area contributed by atoms with Crippen molar-refractivity contribution in [3.05, 3.63) is 52.9 Å². The lowest BCUT2D eigenvalue weighted by atomic mass is 10.1. The van der Waals surface area contributed by atoms with E-state index in [2.05, 4.69) is 5.10 Å². The summed E-state index contributed by atoms with van der Waals surface area (Å²) < 4.78 is 1.44. The van der Waals surface area contributed by atoms with Crippen molar-refractivity contribution in [2.45, 2.75) is 6.92 Å². The van der Waals surface area contributed by atoms with Crippen molar-refractivity contribution in [2.75, 3.05) is 0 Å². The summed E-state index contributed by atoms with van der Waals surface area (Å²) in [5.41, 5.74) is 2.52. The topological polar surface area (TPSA) is 34.9 Å². The molecule has 0 saturated carbocycles. The van der Waals surface area contributed by atoms with Crippen LogP contribution in [-0.2, 0) is 0 Å². The van der Waals surface area contributed by atoms with Crippen molar-refractivity contribution in [1.82, 2.24) is 9.78 Å². The molecule has 1 aromatic carbocycles. The Labute approximate surface area is 125 Å². The smallest absolute Gasteiger partial charge is 0.244 e. The van der Waals surface area contributed by atoms with Crippen molar-refractivity contribution in [1.29, 1.82) is 0 Å². The van der Waals surface area contributed by atoms with Crippen LogP contribution < -0.4 is 0 Å². The van der Waals surface area contributed by atoms with Crippen LogP contribution in [0, 0.1) is 0 Å². The SMILES string of the molecule is CC(=O)n1nc(-c2ccc(Cl)cc2)cc1-c1cccs1. The maximum Gasteiger partial charge on any atom is 0.244 e. The summed E-state index contributed by atoms with van der Waals surface area (Å²) in [6.45, 7) is 1.51. The van der Waals surface area contributed by atoms with Gasteiger partial charge in [-0.05, 0) is 29.6 Å². The van der Waals surface area contributed by atoms with E-state index in [1.165, 1.54) is 11.6 Å². The molecule has 2 aromatic heterocycles. The molecule has 0 aliphatic rings. The number of hydrogen-bond donors (Lipinski definition) is 0. The minimum atomic E-state index is -0.103. The first-order chi connectivity index (χ1) is 9.65. The Hall–Kier alpha value is -1.91. The Morgan fingerprint density at radius 3 is 2.60 bits per heavy atom. The van der Waals surface area contributed by atoms with Gasteiger partial charge in [-0.2, -0.15) is 9.78 Å². The average Bonchev–Trinajstić information content (AvgIpc) is 3.08. The summed E-state index contributed by atoms with van der Waals surface area (Å²) in [6.07, 6.45) is 0. The van der Waals surface area contributed by atoms with Crippen molar-refractivity contribution in [3.63, 3.8) is 0 Å². The number of aromatic nitrogens is 2. The zero-order chi connectivity index (χ0) is 14.1. The molecule has 0 fully saturated rings. The molecular formula is C15H11ClN2OS. The predicted octanol–water partition coefficient (Wildman–Crippen LogP) is 4.59. The van der Waals surface area contributed by atoms with Crippen molar-refractivity contribution < 1.29 is 4.79 Å². The van der Waals surface area contributed by atoms with Crippen molar-refractivity contribution in [2.24, 2.45) is 0 Å². The number of halogens is 1. The number of hydrogen-bond acceptors (Lipinski definition) is 3. The first-order valence-electron chi connectivity index (χ1n) is 6.06. The molecular weight excluding hydrogens is 292 g/mol. The minimum Gasteiger partial charge on any atom is -0.273 e. The molecule has 0 aliphatic carbocycles. The fraction of sp³-hybridized carbons (Fsp3) is 0.0667. The second-order valence-electron chi connectivity index (χ2n) is 4.33. The largest absolute Gasteiger partial charge is 0.273 e. The lowest BCUT2D eigenvalue weighted by molar-refractivity contribution is 0.0924. The first-order valence-corrected chi connectivity index (χ1v) is 7.32.